The van der Waals surface area contributed by atoms with Crippen LogP contribution in [0, 0.1) is 11.7 Å². The number of ether oxygens (including phenoxy) is 1. The summed E-state index contributed by atoms with van der Waals surface area (Å²) in [6.07, 6.45) is 2.30. The van der Waals surface area contributed by atoms with Crippen LogP contribution in [-0.2, 0) is 11.3 Å². The first-order valence-electron chi connectivity index (χ1n) is 5.21. The van der Waals surface area contributed by atoms with Crippen LogP contribution in [-0.4, -0.2) is 47.3 Å². The normalized spacial score (nSPS) is 23.2. The van der Waals surface area contributed by atoms with E-state index in [0.29, 0.717) is 0 Å². The molecule has 1 aromatic heterocycles. The van der Waals surface area contributed by atoms with E-state index in [1.165, 1.54) is 0 Å². The molecule has 84 valence electrons. The van der Waals surface area contributed by atoms with Crippen molar-refractivity contribution in [3.63, 3.8) is 0 Å². The van der Waals surface area contributed by atoms with E-state index < -0.39 is 0 Å². The summed E-state index contributed by atoms with van der Waals surface area (Å²) in [6.45, 7) is 5.67. The molecule has 1 atom stereocenters. The van der Waals surface area contributed by atoms with Gasteiger partial charge < -0.3 is 19.2 Å². The van der Waals surface area contributed by atoms with E-state index >= 15 is 0 Å². The Morgan fingerprint density at radius 1 is 1.67 bits per heavy atom. The average molecular weight is 227 g/mol. The molecule has 1 saturated heterocycles. The van der Waals surface area contributed by atoms with Gasteiger partial charge in [0.05, 0.1) is 19.3 Å². The zero-order valence-electron chi connectivity index (χ0n) is 9.19. The second kappa shape index (κ2) is 4.47. The first-order valence-corrected chi connectivity index (χ1v) is 5.62. The van der Waals surface area contributed by atoms with Gasteiger partial charge in [0.1, 0.15) is 0 Å². The summed E-state index contributed by atoms with van der Waals surface area (Å²) < 4.78 is 8.53. The van der Waals surface area contributed by atoms with Crippen LogP contribution in [0.25, 0.3) is 0 Å². The minimum absolute atomic E-state index is 0.255. The van der Waals surface area contributed by atoms with Gasteiger partial charge in [-0.25, -0.2) is 0 Å². The minimum atomic E-state index is 0.255. The van der Waals surface area contributed by atoms with Crippen molar-refractivity contribution in [1.82, 2.24) is 14.5 Å². The fourth-order valence-electron chi connectivity index (χ4n) is 1.90. The fraction of sp³-hybridized carbons (Fsp3) is 0.700. The highest BCUT2D eigenvalue weighted by Gasteiger charge is 2.18. The third kappa shape index (κ3) is 2.68. The molecule has 2 heterocycles. The van der Waals surface area contributed by atoms with E-state index in [9.17, 15) is 0 Å². The molecule has 0 saturated carbocycles. The van der Waals surface area contributed by atoms with Crippen molar-refractivity contribution < 1.29 is 4.74 Å². The average Bonchev–Trinajstić information content (AvgIpc) is 2.45. The number of nitrogens with zero attached hydrogens (tertiary/aromatic N) is 2. The zero-order chi connectivity index (χ0) is 10.8. The molecule has 1 aromatic rings. The molecular formula is C10H17N3OS. The summed E-state index contributed by atoms with van der Waals surface area (Å²) in [5.41, 5.74) is 1.10. The lowest BCUT2D eigenvalue weighted by atomic mass is 10.3. The number of likely N-dealkylation sites (N-methyl/N-ethyl adjacent to an activating group) is 1. The van der Waals surface area contributed by atoms with Crippen molar-refractivity contribution in [2.24, 2.45) is 0 Å². The molecule has 1 unspecified atom stereocenters. The van der Waals surface area contributed by atoms with Crippen LogP contribution < -0.4 is 0 Å². The monoisotopic (exact) mass is 227 g/mol. The van der Waals surface area contributed by atoms with E-state index in [1.54, 1.807) is 0 Å². The van der Waals surface area contributed by atoms with Gasteiger partial charge in [0.15, 0.2) is 4.77 Å². The molecule has 1 N–H and O–H groups in total. The Kier molecular flexibility index (Phi) is 3.23. The van der Waals surface area contributed by atoms with Gasteiger partial charge in [-0.05, 0) is 26.2 Å². The standard InChI is InChI=1S/C10H17N3OS/c1-8-5-13(10(15)11-8)7-9-6-12(2)3-4-14-9/h5,9H,3-4,6-7H2,1-2H3,(H,11,15). The van der Waals surface area contributed by atoms with Gasteiger partial charge >= 0.3 is 0 Å². The largest absolute Gasteiger partial charge is 0.374 e. The summed E-state index contributed by atoms with van der Waals surface area (Å²) >= 11 is 5.21. The summed E-state index contributed by atoms with van der Waals surface area (Å²) in [5.74, 6) is 0. The smallest absolute Gasteiger partial charge is 0.177 e. The number of H-pyrrole nitrogens is 1. The lowest BCUT2D eigenvalue weighted by molar-refractivity contribution is -0.0276. The van der Waals surface area contributed by atoms with Crippen LogP contribution in [0.3, 0.4) is 0 Å². The van der Waals surface area contributed by atoms with E-state index in [0.717, 1.165) is 36.7 Å². The number of hydrogen-bond acceptors (Lipinski definition) is 3. The van der Waals surface area contributed by atoms with Gasteiger partial charge in [0.2, 0.25) is 0 Å². The van der Waals surface area contributed by atoms with Crippen molar-refractivity contribution in [1.29, 1.82) is 0 Å². The number of morpholine rings is 1. The second-order valence-electron chi connectivity index (χ2n) is 4.15. The fourth-order valence-corrected chi connectivity index (χ4v) is 2.19. The zero-order valence-corrected chi connectivity index (χ0v) is 10.0. The summed E-state index contributed by atoms with van der Waals surface area (Å²) in [4.78, 5) is 5.41. The number of hydrogen-bond donors (Lipinski definition) is 1. The number of aryl methyl sites for hydroxylation is 1. The van der Waals surface area contributed by atoms with E-state index in [4.69, 9.17) is 17.0 Å². The summed E-state index contributed by atoms with van der Waals surface area (Å²) in [5, 5.41) is 0. The van der Waals surface area contributed by atoms with Gasteiger partial charge in [0, 0.05) is 25.0 Å². The summed E-state index contributed by atoms with van der Waals surface area (Å²) in [6, 6.07) is 0. The highest BCUT2D eigenvalue weighted by atomic mass is 32.1. The Morgan fingerprint density at radius 3 is 3.07 bits per heavy atom. The Hall–Kier alpha value is -0.650. The maximum absolute atomic E-state index is 5.69. The number of nitrogens with one attached hydrogen (secondary N) is 1. The molecule has 15 heavy (non-hydrogen) atoms. The van der Waals surface area contributed by atoms with Crippen LogP contribution >= 0.6 is 12.2 Å². The molecule has 0 bridgehead atoms. The molecule has 0 spiro atoms. The molecule has 1 aliphatic heterocycles. The number of rotatable bonds is 2. The molecule has 0 aliphatic carbocycles. The lowest BCUT2D eigenvalue weighted by Crippen LogP contribution is -2.41. The molecule has 0 radical (unpaired) electrons. The Balaban J connectivity index is 2.02. The lowest BCUT2D eigenvalue weighted by Gasteiger charge is -2.30. The maximum atomic E-state index is 5.69. The molecule has 0 aromatic carbocycles. The first-order chi connectivity index (χ1) is 7.15. The second-order valence-corrected chi connectivity index (χ2v) is 4.54. The molecule has 1 fully saturated rings. The van der Waals surface area contributed by atoms with E-state index in [-0.39, 0.29) is 6.10 Å². The van der Waals surface area contributed by atoms with Gasteiger partial charge in [-0.15, -0.1) is 0 Å². The van der Waals surface area contributed by atoms with Gasteiger partial charge in [0.25, 0.3) is 0 Å². The molecular weight excluding hydrogens is 210 g/mol. The Labute approximate surface area is 94.9 Å². The van der Waals surface area contributed by atoms with Gasteiger partial charge in [-0.3, -0.25) is 0 Å². The number of imidazole rings is 1. The van der Waals surface area contributed by atoms with Crippen molar-refractivity contribution in [3.8, 4) is 0 Å². The SMILES string of the molecule is Cc1cn(CC2CN(C)CCO2)c(=S)[nH]1. The van der Waals surface area contributed by atoms with Crippen LogP contribution in [0.4, 0.5) is 0 Å². The Bertz CT molecular complexity index is 384. The van der Waals surface area contributed by atoms with Crippen molar-refractivity contribution in [2.45, 2.75) is 19.6 Å². The van der Waals surface area contributed by atoms with Crippen LogP contribution in [0.5, 0.6) is 0 Å². The topological polar surface area (TPSA) is 33.2 Å². The van der Waals surface area contributed by atoms with Crippen LogP contribution in [0.2, 0.25) is 0 Å². The third-order valence-corrected chi connectivity index (χ3v) is 2.99. The minimum Gasteiger partial charge on any atom is -0.374 e. The quantitative estimate of drug-likeness (QED) is 0.770. The predicted molar refractivity (Wildman–Crippen MR) is 61.6 cm³/mol. The molecule has 4 nitrogen and oxygen atoms in total. The highest BCUT2D eigenvalue weighted by Crippen LogP contribution is 2.07. The number of aromatic amines is 1. The van der Waals surface area contributed by atoms with Crippen molar-refractivity contribution >= 4 is 12.2 Å². The first kappa shape index (κ1) is 10.9. The number of aromatic nitrogens is 2. The molecule has 0 amide bonds. The predicted octanol–water partition coefficient (Wildman–Crippen LogP) is 1.18. The Morgan fingerprint density at radius 2 is 2.47 bits per heavy atom. The van der Waals surface area contributed by atoms with Gasteiger partial charge in [-0.2, -0.15) is 0 Å². The molecule has 2 rings (SSSR count). The van der Waals surface area contributed by atoms with E-state index in [2.05, 4.69) is 21.5 Å². The highest BCUT2D eigenvalue weighted by molar-refractivity contribution is 7.71. The van der Waals surface area contributed by atoms with Gasteiger partial charge in [-0.1, -0.05) is 0 Å². The van der Waals surface area contributed by atoms with E-state index in [1.807, 2.05) is 13.1 Å². The van der Waals surface area contributed by atoms with Crippen LogP contribution in [0.1, 0.15) is 5.69 Å². The molecule has 5 heteroatoms. The maximum Gasteiger partial charge on any atom is 0.177 e. The third-order valence-electron chi connectivity index (χ3n) is 2.66. The van der Waals surface area contributed by atoms with Crippen LogP contribution in [0.15, 0.2) is 6.20 Å². The summed E-state index contributed by atoms with van der Waals surface area (Å²) in [7, 11) is 2.12. The van der Waals surface area contributed by atoms with Crippen molar-refractivity contribution in [2.75, 3.05) is 26.7 Å². The van der Waals surface area contributed by atoms with Crippen molar-refractivity contribution in [3.05, 3.63) is 16.7 Å². The molecule has 1 aliphatic rings.